The number of carbonyl (C=O) groups excluding carboxylic acids is 1. The summed E-state index contributed by atoms with van der Waals surface area (Å²) in [4.78, 5) is 10.3. The second-order valence-corrected chi connectivity index (χ2v) is 7.73. The third-order valence-electron chi connectivity index (χ3n) is 5.47. The van der Waals surface area contributed by atoms with Crippen molar-refractivity contribution < 1.29 is 14.5 Å². The molecule has 1 aromatic heterocycles. The summed E-state index contributed by atoms with van der Waals surface area (Å²) in [6.45, 7) is 2.22. The highest BCUT2D eigenvalue weighted by molar-refractivity contribution is 5.64. The number of unbranched alkanes of at least 4 members (excludes halogenated alkanes) is 9. The zero-order valence-corrected chi connectivity index (χ0v) is 17.4. The van der Waals surface area contributed by atoms with Crippen LogP contribution in [0.4, 0.5) is 0 Å². The number of benzene rings is 1. The van der Waals surface area contributed by atoms with E-state index in [-0.39, 0.29) is 6.42 Å². The molecule has 0 bridgehead atoms. The Labute approximate surface area is 170 Å². The van der Waals surface area contributed by atoms with Crippen molar-refractivity contribution in [1.29, 1.82) is 0 Å². The molecule has 1 aromatic carbocycles. The second-order valence-electron chi connectivity index (χ2n) is 7.73. The zero-order valence-electron chi connectivity index (χ0n) is 17.4. The molecule has 0 radical (unpaired) electrons. The Morgan fingerprint density at radius 1 is 0.786 bits per heavy atom. The van der Waals surface area contributed by atoms with E-state index in [2.05, 4.69) is 60.2 Å². The SMILES string of the molecule is Cc1c(CCCCCCCCCCCCC(=O)[O-])ccc[n+]1-c1ccccc1. The van der Waals surface area contributed by atoms with Crippen LogP contribution in [-0.2, 0) is 11.2 Å². The van der Waals surface area contributed by atoms with Gasteiger partial charge in [-0.3, -0.25) is 0 Å². The summed E-state index contributed by atoms with van der Waals surface area (Å²) in [6.07, 6.45) is 15.5. The normalized spacial score (nSPS) is 10.9. The van der Waals surface area contributed by atoms with Gasteiger partial charge in [-0.25, -0.2) is 0 Å². The summed E-state index contributed by atoms with van der Waals surface area (Å²) in [6, 6.07) is 14.9. The van der Waals surface area contributed by atoms with Crippen LogP contribution in [0.5, 0.6) is 0 Å². The van der Waals surface area contributed by atoms with Crippen LogP contribution in [0.25, 0.3) is 5.69 Å². The van der Waals surface area contributed by atoms with Crippen LogP contribution in [0.2, 0.25) is 0 Å². The smallest absolute Gasteiger partial charge is 0.210 e. The number of para-hydroxylation sites is 1. The Kier molecular flexibility index (Phi) is 10.3. The van der Waals surface area contributed by atoms with E-state index in [0.29, 0.717) is 0 Å². The maximum atomic E-state index is 10.3. The number of nitrogens with zero attached hydrogens (tertiary/aromatic N) is 1. The van der Waals surface area contributed by atoms with Crippen molar-refractivity contribution in [3.8, 4) is 5.69 Å². The van der Waals surface area contributed by atoms with Crippen LogP contribution in [0, 0.1) is 6.92 Å². The number of hydrogen-bond acceptors (Lipinski definition) is 2. The zero-order chi connectivity index (χ0) is 20.0. The molecule has 0 unspecified atom stereocenters. The predicted octanol–water partition coefficient (Wildman–Crippen LogP) is 4.86. The van der Waals surface area contributed by atoms with Gasteiger partial charge in [0.05, 0.1) is 0 Å². The maximum absolute atomic E-state index is 10.3. The van der Waals surface area contributed by atoms with E-state index in [1.165, 1.54) is 61.9 Å². The number of aliphatic carboxylic acids is 1. The molecule has 1 heterocycles. The van der Waals surface area contributed by atoms with Gasteiger partial charge < -0.3 is 9.90 Å². The van der Waals surface area contributed by atoms with Gasteiger partial charge in [-0.1, -0.05) is 69.6 Å². The minimum absolute atomic E-state index is 0.215. The number of aryl methyl sites for hydroxylation is 1. The number of pyridine rings is 1. The average Bonchev–Trinajstić information content (AvgIpc) is 2.70. The molecule has 0 aliphatic carbocycles. The summed E-state index contributed by atoms with van der Waals surface area (Å²) in [5.74, 6) is -0.916. The first kappa shape index (κ1) is 22.1. The summed E-state index contributed by atoms with van der Waals surface area (Å²) < 4.78 is 2.28. The van der Waals surface area contributed by atoms with Crippen molar-refractivity contribution in [3.05, 3.63) is 59.9 Å². The third-order valence-corrected chi connectivity index (χ3v) is 5.47. The van der Waals surface area contributed by atoms with Gasteiger partial charge in [0.15, 0.2) is 11.9 Å². The largest absolute Gasteiger partial charge is 0.550 e. The lowest BCUT2D eigenvalue weighted by Crippen LogP contribution is -2.34. The molecular weight excluding hydrogens is 346 g/mol. The highest BCUT2D eigenvalue weighted by atomic mass is 16.4. The van der Waals surface area contributed by atoms with Crippen molar-refractivity contribution in [2.24, 2.45) is 0 Å². The Balaban J connectivity index is 1.56. The minimum atomic E-state index is -0.916. The molecule has 0 aliphatic heterocycles. The summed E-state index contributed by atoms with van der Waals surface area (Å²) in [5.41, 5.74) is 4.01. The fourth-order valence-corrected chi connectivity index (χ4v) is 3.76. The standard InChI is InChI=1S/C25H35NO2/c1-22-23(17-15-21-26(22)24-18-12-10-13-19-24)16-11-8-6-4-2-3-5-7-9-14-20-25(27)28/h10,12-13,15,17-19,21H,2-9,11,14,16,20H2,1H3. The van der Waals surface area contributed by atoms with Gasteiger partial charge in [0.25, 0.3) is 0 Å². The van der Waals surface area contributed by atoms with E-state index in [9.17, 15) is 9.90 Å². The Hall–Kier alpha value is -2.16. The van der Waals surface area contributed by atoms with Gasteiger partial charge in [0.1, 0.15) is 0 Å². The Bertz CT molecular complexity index is 697. The van der Waals surface area contributed by atoms with E-state index >= 15 is 0 Å². The number of hydrogen-bond donors (Lipinski definition) is 0. The van der Waals surface area contributed by atoms with E-state index in [1.807, 2.05) is 0 Å². The summed E-state index contributed by atoms with van der Waals surface area (Å²) >= 11 is 0. The molecular formula is C25H35NO2. The number of carboxylic acids is 1. The summed E-state index contributed by atoms with van der Waals surface area (Å²) in [7, 11) is 0. The minimum Gasteiger partial charge on any atom is -0.550 e. The molecule has 3 nitrogen and oxygen atoms in total. The van der Waals surface area contributed by atoms with Crippen molar-refractivity contribution in [3.63, 3.8) is 0 Å². The lowest BCUT2D eigenvalue weighted by atomic mass is 10.0. The van der Waals surface area contributed by atoms with E-state index in [4.69, 9.17) is 0 Å². The van der Waals surface area contributed by atoms with Crippen molar-refractivity contribution in [1.82, 2.24) is 0 Å². The van der Waals surface area contributed by atoms with Crippen LogP contribution < -0.4 is 9.67 Å². The van der Waals surface area contributed by atoms with Gasteiger partial charge in [0.2, 0.25) is 5.69 Å². The molecule has 0 aliphatic rings. The van der Waals surface area contributed by atoms with E-state index in [1.54, 1.807) is 0 Å². The Morgan fingerprint density at radius 3 is 1.96 bits per heavy atom. The number of aromatic nitrogens is 1. The van der Waals surface area contributed by atoms with Crippen LogP contribution >= 0.6 is 0 Å². The average molecular weight is 382 g/mol. The van der Waals surface area contributed by atoms with Gasteiger partial charge in [0, 0.05) is 36.7 Å². The molecule has 0 N–H and O–H groups in total. The van der Waals surface area contributed by atoms with Crippen LogP contribution in [0.15, 0.2) is 48.7 Å². The first-order valence-electron chi connectivity index (χ1n) is 10.9. The summed E-state index contributed by atoms with van der Waals surface area (Å²) in [5, 5.41) is 10.3. The molecule has 28 heavy (non-hydrogen) atoms. The fraction of sp³-hybridized carbons (Fsp3) is 0.520. The monoisotopic (exact) mass is 381 g/mol. The van der Waals surface area contributed by atoms with Crippen molar-refractivity contribution in [2.75, 3.05) is 0 Å². The van der Waals surface area contributed by atoms with E-state index in [0.717, 1.165) is 25.7 Å². The fourth-order valence-electron chi connectivity index (χ4n) is 3.76. The molecule has 0 saturated heterocycles. The van der Waals surface area contributed by atoms with Gasteiger partial charge in [-0.05, 0) is 31.7 Å². The molecule has 0 saturated carbocycles. The maximum Gasteiger partial charge on any atom is 0.210 e. The molecule has 0 amide bonds. The Morgan fingerprint density at radius 2 is 1.36 bits per heavy atom. The second kappa shape index (κ2) is 13.1. The topological polar surface area (TPSA) is 44.0 Å². The lowest BCUT2D eigenvalue weighted by molar-refractivity contribution is -0.603. The molecule has 0 fully saturated rings. The highest BCUT2D eigenvalue weighted by Gasteiger charge is 2.13. The quantitative estimate of drug-likeness (QED) is 0.347. The first-order valence-corrected chi connectivity index (χ1v) is 10.9. The molecule has 2 aromatic rings. The highest BCUT2D eigenvalue weighted by Crippen LogP contribution is 2.14. The molecule has 2 rings (SSSR count). The van der Waals surface area contributed by atoms with Crippen LogP contribution in [0.1, 0.15) is 81.9 Å². The first-order chi connectivity index (χ1) is 13.7. The molecule has 3 heteroatoms. The molecule has 0 spiro atoms. The van der Waals surface area contributed by atoms with Crippen molar-refractivity contribution >= 4 is 5.97 Å². The molecule has 0 atom stereocenters. The van der Waals surface area contributed by atoms with Crippen LogP contribution in [0.3, 0.4) is 0 Å². The number of rotatable bonds is 14. The van der Waals surface area contributed by atoms with Crippen LogP contribution in [-0.4, -0.2) is 5.97 Å². The van der Waals surface area contributed by atoms with Gasteiger partial charge in [-0.15, -0.1) is 0 Å². The lowest BCUT2D eigenvalue weighted by Gasteiger charge is -2.06. The van der Waals surface area contributed by atoms with E-state index < -0.39 is 5.97 Å². The van der Waals surface area contributed by atoms with Gasteiger partial charge >= 0.3 is 0 Å². The molecule has 152 valence electrons. The number of carbonyl (C=O) groups is 1. The number of carboxylic acid groups (broad SMARTS) is 1. The predicted molar refractivity (Wildman–Crippen MR) is 112 cm³/mol. The third kappa shape index (κ3) is 8.24. The van der Waals surface area contributed by atoms with Crippen molar-refractivity contribution in [2.45, 2.75) is 84.0 Å². The van der Waals surface area contributed by atoms with Gasteiger partial charge in [-0.2, -0.15) is 4.57 Å².